The number of H-pyrrole nitrogens is 1. The van der Waals surface area contributed by atoms with Crippen molar-refractivity contribution < 1.29 is 0 Å². The topological polar surface area (TPSA) is 70.8 Å². The fraction of sp³-hybridized carbons (Fsp3) is 0.467. The van der Waals surface area contributed by atoms with E-state index in [1.54, 1.807) is 0 Å². The fourth-order valence-electron chi connectivity index (χ4n) is 2.61. The van der Waals surface area contributed by atoms with Crippen LogP contribution < -0.4 is 10.6 Å². The average molecular weight is 397 g/mol. The lowest BCUT2D eigenvalue weighted by Crippen LogP contribution is -2.42. The molecule has 2 aromatic rings. The zero-order chi connectivity index (χ0) is 14.9. The second-order valence-electron chi connectivity index (χ2n) is 6.00. The molecule has 0 spiro atoms. The maximum atomic E-state index is 5.86. The van der Waals surface area contributed by atoms with Crippen LogP contribution in [0.1, 0.15) is 19.8 Å². The number of halogens is 1. The van der Waals surface area contributed by atoms with Crippen molar-refractivity contribution in [2.45, 2.75) is 19.8 Å². The molecule has 5 nitrogen and oxygen atoms in total. The molecule has 1 aliphatic rings. The summed E-state index contributed by atoms with van der Waals surface area (Å²) in [6, 6.07) is 8.26. The van der Waals surface area contributed by atoms with E-state index in [9.17, 15) is 0 Å². The second kappa shape index (κ2) is 5.92. The highest BCUT2D eigenvalue weighted by molar-refractivity contribution is 14.1. The van der Waals surface area contributed by atoms with Gasteiger partial charge in [-0.1, -0.05) is 19.1 Å². The third-order valence-corrected chi connectivity index (χ3v) is 4.99. The summed E-state index contributed by atoms with van der Waals surface area (Å²) in [6.07, 6.45) is 2.19. The lowest BCUT2D eigenvalue weighted by Gasteiger charge is -2.38. The van der Waals surface area contributed by atoms with E-state index < -0.39 is 0 Å². The molecular weight excluding hydrogens is 377 g/mol. The molecule has 1 aliphatic heterocycles. The van der Waals surface area contributed by atoms with Crippen LogP contribution in [0.3, 0.4) is 0 Å². The van der Waals surface area contributed by atoms with E-state index in [-0.39, 0.29) is 5.41 Å². The van der Waals surface area contributed by atoms with Crippen LogP contribution in [0.15, 0.2) is 24.3 Å². The maximum absolute atomic E-state index is 5.86. The van der Waals surface area contributed by atoms with E-state index in [0.717, 1.165) is 49.8 Å². The molecule has 0 unspecified atom stereocenters. The summed E-state index contributed by atoms with van der Waals surface area (Å²) in [5.41, 5.74) is 7.20. The van der Waals surface area contributed by atoms with Crippen molar-refractivity contribution >= 4 is 28.5 Å². The number of anilines is 1. The number of aromatic nitrogens is 3. The lowest BCUT2D eigenvalue weighted by atomic mass is 9.81. The number of hydrogen-bond donors (Lipinski definition) is 2. The van der Waals surface area contributed by atoms with Gasteiger partial charge in [0.15, 0.2) is 5.82 Å². The van der Waals surface area contributed by atoms with Crippen molar-refractivity contribution in [3.63, 3.8) is 0 Å². The molecule has 3 N–H and O–H groups in total. The summed E-state index contributed by atoms with van der Waals surface area (Å²) < 4.78 is 1.19. The minimum Gasteiger partial charge on any atom is -0.339 e. The standard InChI is InChI=1S/C15H20IN5/c1-15(10-17)5-7-21(8-6-15)14-18-13(19-20-14)11-3-2-4-12(16)9-11/h2-4,9H,5-8,10,17H2,1H3,(H,18,19,20). The summed E-state index contributed by atoms with van der Waals surface area (Å²) in [7, 11) is 0. The number of nitrogens with one attached hydrogen (secondary N) is 1. The Kier molecular flexibility index (Phi) is 4.17. The average Bonchev–Trinajstić information content (AvgIpc) is 2.98. The SMILES string of the molecule is CC1(CN)CCN(c2n[nH]c(-c3cccc(I)c3)n2)CC1. The van der Waals surface area contributed by atoms with E-state index >= 15 is 0 Å². The molecule has 6 heteroatoms. The van der Waals surface area contributed by atoms with E-state index in [0.29, 0.717) is 0 Å². The van der Waals surface area contributed by atoms with Crippen LogP contribution in [-0.2, 0) is 0 Å². The first kappa shape index (κ1) is 14.8. The Morgan fingerprint density at radius 2 is 2.14 bits per heavy atom. The summed E-state index contributed by atoms with van der Waals surface area (Å²) in [6.45, 7) is 4.96. The highest BCUT2D eigenvalue weighted by Crippen LogP contribution is 2.31. The molecule has 1 aromatic carbocycles. The Labute approximate surface area is 138 Å². The van der Waals surface area contributed by atoms with E-state index in [4.69, 9.17) is 5.73 Å². The van der Waals surface area contributed by atoms with Crippen LogP contribution in [-0.4, -0.2) is 34.8 Å². The zero-order valence-corrected chi connectivity index (χ0v) is 14.3. The van der Waals surface area contributed by atoms with Gasteiger partial charge < -0.3 is 10.6 Å². The minimum absolute atomic E-state index is 0.269. The van der Waals surface area contributed by atoms with Crippen molar-refractivity contribution in [2.24, 2.45) is 11.1 Å². The minimum atomic E-state index is 0.269. The largest absolute Gasteiger partial charge is 0.339 e. The van der Waals surface area contributed by atoms with Gasteiger partial charge in [0.25, 0.3) is 0 Å². The highest BCUT2D eigenvalue weighted by Gasteiger charge is 2.30. The van der Waals surface area contributed by atoms with E-state index in [1.807, 2.05) is 12.1 Å². The van der Waals surface area contributed by atoms with Crippen molar-refractivity contribution in [1.29, 1.82) is 0 Å². The molecule has 1 aromatic heterocycles. The molecule has 0 atom stereocenters. The molecule has 0 aliphatic carbocycles. The molecular formula is C15H20IN5. The van der Waals surface area contributed by atoms with E-state index in [1.165, 1.54) is 3.57 Å². The summed E-state index contributed by atoms with van der Waals surface area (Å²) in [5.74, 6) is 1.62. The van der Waals surface area contributed by atoms with Crippen LogP contribution in [0.2, 0.25) is 0 Å². The van der Waals surface area contributed by atoms with Gasteiger partial charge in [-0.25, -0.2) is 0 Å². The smallest absolute Gasteiger partial charge is 0.245 e. The Morgan fingerprint density at radius 3 is 2.81 bits per heavy atom. The molecule has 0 amide bonds. The Balaban J connectivity index is 1.74. The lowest BCUT2D eigenvalue weighted by molar-refractivity contribution is 0.257. The molecule has 0 saturated carbocycles. The maximum Gasteiger partial charge on any atom is 0.245 e. The summed E-state index contributed by atoms with van der Waals surface area (Å²) >= 11 is 2.31. The number of benzene rings is 1. The molecule has 1 saturated heterocycles. The molecule has 21 heavy (non-hydrogen) atoms. The number of aromatic amines is 1. The van der Waals surface area contributed by atoms with Gasteiger partial charge >= 0.3 is 0 Å². The molecule has 0 radical (unpaired) electrons. The van der Waals surface area contributed by atoms with Crippen molar-refractivity contribution in [2.75, 3.05) is 24.5 Å². The van der Waals surface area contributed by atoms with Gasteiger partial charge in [0.1, 0.15) is 0 Å². The first-order chi connectivity index (χ1) is 10.1. The molecule has 1 fully saturated rings. The molecule has 3 rings (SSSR count). The van der Waals surface area contributed by atoms with Gasteiger partial charge in [-0.15, -0.1) is 5.10 Å². The molecule has 2 heterocycles. The number of hydrogen-bond acceptors (Lipinski definition) is 4. The number of rotatable bonds is 3. The molecule has 112 valence electrons. The highest BCUT2D eigenvalue weighted by atomic mass is 127. The fourth-order valence-corrected chi connectivity index (χ4v) is 3.15. The quantitative estimate of drug-likeness (QED) is 0.782. The number of piperidine rings is 1. The number of nitrogens with zero attached hydrogens (tertiary/aromatic N) is 3. The Hall–Kier alpha value is -1.15. The van der Waals surface area contributed by atoms with E-state index in [2.05, 4.69) is 61.7 Å². The van der Waals surface area contributed by atoms with Crippen LogP contribution in [0.25, 0.3) is 11.4 Å². The van der Waals surface area contributed by atoms with Gasteiger partial charge in [-0.3, -0.25) is 5.10 Å². The van der Waals surface area contributed by atoms with Crippen molar-refractivity contribution in [1.82, 2.24) is 15.2 Å². The van der Waals surface area contributed by atoms with Crippen LogP contribution >= 0.6 is 22.6 Å². The van der Waals surface area contributed by atoms with Crippen LogP contribution in [0.5, 0.6) is 0 Å². The predicted octanol–water partition coefficient (Wildman–Crippen LogP) is 2.64. The predicted molar refractivity (Wildman–Crippen MR) is 93.1 cm³/mol. The van der Waals surface area contributed by atoms with Gasteiger partial charge in [0.2, 0.25) is 5.95 Å². The summed E-state index contributed by atoms with van der Waals surface area (Å²) in [4.78, 5) is 6.88. The van der Waals surface area contributed by atoms with Gasteiger partial charge in [-0.2, -0.15) is 4.98 Å². The van der Waals surface area contributed by atoms with Crippen molar-refractivity contribution in [3.8, 4) is 11.4 Å². The third-order valence-electron chi connectivity index (χ3n) is 4.32. The van der Waals surface area contributed by atoms with Crippen LogP contribution in [0.4, 0.5) is 5.95 Å². The number of nitrogens with two attached hydrogens (primary N) is 1. The Bertz CT molecular complexity index is 616. The monoisotopic (exact) mass is 397 g/mol. The van der Waals surface area contributed by atoms with Gasteiger partial charge in [0, 0.05) is 22.2 Å². The first-order valence-electron chi connectivity index (χ1n) is 7.23. The van der Waals surface area contributed by atoms with Gasteiger partial charge in [0.05, 0.1) is 0 Å². The van der Waals surface area contributed by atoms with Gasteiger partial charge in [-0.05, 0) is 59.5 Å². The van der Waals surface area contributed by atoms with Crippen LogP contribution in [0, 0.1) is 8.99 Å². The third kappa shape index (κ3) is 3.21. The Morgan fingerprint density at radius 1 is 1.38 bits per heavy atom. The molecule has 0 bridgehead atoms. The normalized spacial score (nSPS) is 18.0. The zero-order valence-electron chi connectivity index (χ0n) is 12.1. The van der Waals surface area contributed by atoms with Crippen molar-refractivity contribution in [3.05, 3.63) is 27.8 Å². The first-order valence-corrected chi connectivity index (χ1v) is 8.31. The summed E-state index contributed by atoms with van der Waals surface area (Å²) in [5, 5.41) is 7.43. The second-order valence-corrected chi connectivity index (χ2v) is 7.24.